The van der Waals surface area contributed by atoms with Crippen LogP contribution in [0.3, 0.4) is 0 Å². The first-order valence-corrected chi connectivity index (χ1v) is 7.47. The van der Waals surface area contributed by atoms with Crippen LogP contribution in [0.5, 0.6) is 0 Å². The van der Waals surface area contributed by atoms with Gasteiger partial charge in [-0.15, -0.1) is 11.8 Å². The van der Waals surface area contributed by atoms with Gasteiger partial charge in [0.1, 0.15) is 5.82 Å². The predicted molar refractivity (Wildman–Crippen MR) is 78.8 cm³/mol. The molecule has 1 amide bonds. The van der Waals surface area contributed by atoms with E-state index in [1.54, 1.807) is 16.4 Å². The zero-order chi connectivity index (χ0) is 14.4. The minimum atomic E-state index is 0.0169. The molecule has 3 rings (SSSR count). The van der Waals surface area contributed by atoms with Gasteiger partial charge in [0.15, 0.2) is 0 Å². The number of rotatable bonds is 1. The van der Waals surface area contributed by atoms with Crippen LogP contribution in [0.4, 0.5) is 5.82 Å². The Morgan fingerprint density at radius 3 is 2.70 bits per heavy atom. The Morgan fingerprint density at radius 1 is 1.30 bits per heavy atom. The largest absolute Gasteiger partial charge is 0.310 e. The van der Waals surface area contributed by atoms with Crippen LogP contribution in [-0.4, -0.2) is 31.2 Å². The molecular weight excluding hydrogens is 274 g/mol. The van der Waals surface area contributed by atoms with Crippen molar-refractivity contribution in [1.82, 2.24) is 19.6 Å². The highest BCUT2D eigenvalue weighted by Crippen LogP contribution is 2.43. The minimum Gasteiger partial charge on any atom is -0.310 e. The molecule has 7 heteroatoms. The fourth-order valence-electron chi connectivity index (χ4n) is 2.67. The molecule has 0 saturated carbocycles. The van der Waals surface area contributed by atoms with Crippen LogP contribution in [0.15, 0.2) is 6.20 Å². The number of carbonyl (C=O) groups is 1. The summed E-state index contributed by atoms with van der Waals surface area (Å²) in [4.78, 5) is 11.9. The van der Waals surface area contributed by atoms with Gasteiger partial charge >= 0.3 is 0 Å². The number of hydrogen-bond acceptors (Lipinski definition) is 4. The van der Waals surface area contributed by atoms with E-state index < -0.39 is 0 Å². The Hall–Kier alpha value is -1.76. The molecule has 0 fully saturated rings. The van der Waals surface area contributed by atoms with Crippen molar-refractivity contribution in [2.75, 3.05) is 11.1 Å². The van der Waals surface area contributed by atoms with Crippen LogP contribution in [0.25, 0.3) is 0 Å². The average molecular weight is 291 g/mol. The summed E-state index contributed by atoms with van der Waals surface area (Å²) in [5.74, 6) is 1.25. The van der Waals surface area contributed by atoms with Crippen LogP contribution >= 0.6 is 11.8 Å². The number of thioether (sulfide) groups is 1. The molecule has 20 heavy (non-hydrogen) atoms. The highest BCUT2D eigenvalue weighted by molar-refractivity contribution is 8.00. The first-order valence-electron chi connectivity index (χ1n) is 6.42. The minimum absolute atomic E-state index is 0.0169. The van der Waals surface area contributed by atoms with E-state index in [0.717, 1.165) is 28.3 Å². The van der Waals surface area contributed by atoms with Crippen molar-refractivity contribution < 1.29 is 4.79 Å². The van der Waals surface area contributed by atoms with Gasteiger partial charge in [-0.2, -0.15) is 10.2 Å². The summed E-state index contributed by atoms with van der Waals surface area (Å²) in [6.07, 6.45) is 2.03. The Kier molecular flexibility index (Phi) is 3.08. The van der Waals surface area contributed by atoms with E-state index in [9.17, 15) is 4.79 Å². The maximum atomic E-state index is 11.9. The van der Waals surface area contributed by atoms with Crippen LogP contribution in [0.2, 0.25) is 0 Å². The number of aryl methyl sites for hydroxylation is 4. The van der Waals surface area contributed by atoms with Gasteiger partial charge in [-0.25, -0.2) is 0 Å². The summed E-state index contributed by atoms with van der Waals surface area (Å²) in [5.41, 5.74) is 4.17. The van der Waals surface area contributed by atoms with E-state index in [4.69, 9.17) is 0 Å². The molecule has 1 aliphatic heterocycles. The monoisotopic (exact) mass is 291 g/mol. The van der Waals surface area contributed by atoms with Crippen LogP contribution < -0.4 is 5.32 Å². The van der Waals surface area contributed by atoms with Crippen molar-refractivity contribution >= 4 is 23.5 Å². The smallest absolute Gasteiger partial charge is 0.235 e. The third-order valence-corrected chi connectivity index (χ3v) is 4.76. The summed E-state index contributed by atoms with van der Waals surface area (Å²) in [6, 6.07) is 0. The molecule has 0 saturated heterocycles. The van der Waals surface area contributed by atoms with E-state index >= 15 is 0 Å². The number of fused-ring (bicyclic) bond motifs is 1. The molecule has 0 radical (unpaired) electrons. The van der Waals surface area contributed by atoms with Crippen molar-refractivity contribution in [2.24, 2.45) is 14.1 Å². The van der Waals surface area contributed by atoms with Gasteiger partial charge in [0.05, 0.1) is 22.4 Å². The highest BCUT2D eigenvalue weighted by atomic mass is 32.2. The molecular formula is C13H17N5OS. The number of aromatic nitrogens is 4. The fraction of sp³-hybridized carbons (Fsp3) is 0.462. The molecule has 2 aromatic rings. The van der Waals surface area contributed by atoms with Gasteiger partial charge in [-0.1, -0.05) is 0 Å². The molecule has 1 aliphatic rings. The summed E-state index contributed by atoms with van der Waals surface area (Å²) in [7, 11) is 3.77. The van der Waals surface area contributed by atoms with E-state index in [1.807, 2.05) is 38.8 Å². The van der Waals surface area contributed by atoms with Gasteiger partial charge in [0.25, 0.3) is 0 Å². The van der Waals surface area contributed by atoms with E-state index in [0.29, 0.717) is 5.75 Å². The lowest BCUT2D eigenvalue weighted by Crippen LogP contribution is -2.15. The Balaban J connectivity index is 2.17. The Morgan fingerprint density at radius 2 is 2.05 bits per heavy atom. The molecule has 6 nitrogen and oxygen atoms in total. The van der Waals surface area contributed by atoms with Gasteiger partial charge < -0.3 is 5.32 Å². The summed E-state index contributed by atoms with van der Waals surface area (Å²) >= 11 is 1.62. The SMILES string of the molecule is Cc1nn(C)cc1[C@H]1SCC(=O)Nc2c1c(C)nn2C. The van der Waals surface area contributed by atoms with Crippen molar-refractivity contribution in [3.8, 4) is 0 Å². The molecule has 106 valence electrons. The Labute approximate surface area is 121 Å². The third kappa shape index (κ3) is 2.02. The summed E-state index contributed by atoms with van der Waals surface area (Å²) in [5, 5.41) is 11.9. The molecule has 0 unspecified atom stereocenters. The average Bonchev–Trinajstić information content (AvgIpc) is 2.76. The lowest BCUT2D eigenvalue weighted by atomic mass is 10.1. The standard InChI is InChI=1S/C13H17N5OS/c1-7-9(5-17(3)15-7)12-11-8(2)16-18(4)13(11)14-10(19)6-20-12/h5,12H,6H2,1-4H3,(H,14,19)/t12-/m1/s1. The second kappa shape index (κ2) is 4.66. The summed E-state index contributed by atoms with van der Waals surface area (Å²) in [6.45, 7) is 3.98. The van der Waals surface area contributed by atoms with Crippen LogP contribution in [0.1, 0.15) is 27.8 Å². The molecule has 0 bridgehead atoms. The van der Waals surface area contributed by atoms with Crippen molar-refractivity contribution in [3.05, 3.63) is 28.7 Å². The zero-order valence-electron chi connectivity index (χ0n) is 12.0. The number of nitrogens with one attached hydrogen (secondary N) is 1. The van der Waals surface area contributed by atoms with Crippen LogP contribution in [-0.2, 0) is 18.9 Å². The number of amides is 1. The molecule has 2 aromatic heterocycles. The molecule has 0 aromatic carbocycles. The quantitative estimate of drug-likeness (QED) is 0.865. The lowest BCUT2D eigenvalue weighted by Gasteiger charge is -2.13. The van der Waals surface area contributed by atoms with E-state index in [2.05, 4.69) is 15.5 Å². The van der Waals surface area contributed by atoms with Gasteiger partial charge in [0.2, 0.25) is 5.91 Å². The third-order valence-electron chi connectivity index (χ3n) is 3.50. The topological polar surface area (TPSA) is 64.7 Å². The van der Waals surface area contributed by atoms with Crippen molar-refractivity contribution in [3.63, 3.8) is 0 Å². The number of hydrogen-bond donors (Lipinski definition) is 1. The van der Waals surface area contributed by atoms with Gasteiger partial charge in [-0.3, -0.25) is 14.2 Å². The molecule has 0 spiro atoms. The van der Waals surface area contributed by atoms with E-state index in [1.165, 1.54) is 0 Å². The predicted octanol–water partition coefficient (Wildman–Crippen LogP) is 1.55. The van der Waals surface area contributed by atoms with Crippen molar-refractivity contribution in [1.29, 1.82) is 0 Å². The van der Waals surface area contributed by atoms with E-state index in [-0.39, 0.29) is 11.2 Å². The fourth-order valence-corrected chi connectivity index (χ4v) is 3.92. The second-order valence-corrected chi connectivity index (χ2v) is 6.15. The normalized spacial score (nSPS) is 18.6. The van der Waals surface area contributed by atoms with Crippen LogP contribution in [0, 0.1) is 13.8 Å². The maximum absolute atomic E-state index is 11.9. The number of carbonyl (C=O) groups excluding carboxylic acids is 1. The second-order valence-electron chi connectivity index (χ2n) is 5.05. The number of anilines is 1. The first-order chi connectivity index (χ1) is 9.47. The molecule has 3 heterocycles. The maximum Gasteiger partial charge on any atom is 0.235 e. The molecule has 1 atom stereocenters. The van der Waals surface area contributed by atoms with Gasteiger partial charge in [-0.05, 0) is 13.8 Å². The van der Waals surface area contributed by atoms with Crippen molar-refractivity contribution in [2.45, 2.75) is 19.1 Å². The first kappa shape index (κ1) is 13.2. The summed E-state index contributed by atoms with van der Waals surface area (Å²) < 4.78 is 3.56. The Bertz CT molecular complexity index is 687. The highest BCUT2D eigenvalue weighted by Gasteiger charge is 2.31. The molecule has 0 aliphatic carbocycles. The lowest BCUT2D eigenvalue weighted by molar-refractivity contribution is -0.113. The zero-order valence-corrected chi connectivity index (χ0v) is 12.8. The number of nitrogens with zero attached hydrogens (tertiary/aromatic N) is 4. The van der Waals surface area contributed by atoms with Gasteiger partial charge in [0, 0.05) is 31.4 Å². The molecule has 1 N–H and O–H groups in total.